The molecule has 9 nitrogen and oxygen atoms in total. The van der Waals surface area contributed by atoms with E-state index < -0.39 is 23.6 Å². The number of fused-ring (bicyclic) bond motifs is 3. The van der Waals surface area contributed by atoms with Crippen LogP contribution in [-0.2, 0) is 9.53 Å². The van der Waals surface area contributed by atoms with Crippen molar-refractivity contribution in [1.29, 1.82) is 5.26 Å². The van der Waals surface area contributed by atoms with Crippen LogP contribution in [0.25, 0.3) is 0 Å². The van der Waals surface area contributed by atoms with Gasteiger partial charge in [0.1, 0.15) is 29.2 Å². The summed E-state index contributed by atoms with van der Waals surface area (Å²) < 4.78 is 26.1. The number of anilines is 2. The van der Waals surface area contributed by atoms with Crippen molar-refractivity contribution in [3.8, 4) is 6.07 Å². The Bertz CT molecular complexity index is 1200. The van der Waals surface area contributed by atoms with Crippen LogP contribution in [0.2, 0.25) is 0 Å². The van der Waals surface area contributed by atoms with Gasteiger partial charge in [-0.3, -0.25) is 14.7 Å². The summed E-state index contributed by atoms with van der Waals surface area (Å²) in [4.78, 5) is 26.1. The molecule has 1 saturated carbocycles. The van der Waals surface area contributed by atoms with Crippen LogP contribution < -0.4 is 9.80 Å². The van der Waals surface area contributed by atoms with E-state index >= 15 is 0 Å². The van der Waals surface area contributed by atoms with Crippen molar-refractivity contribution < 1.29 is 18.4 Å². The number of ether oxygens (including phenoxy) is 1. The van der Waals surface area contributed by atoms with Crippen LogP contribution >= 0.6 is 0 Å². The molecule has 5 unspecified atom stereocenters. The molecule has 5 atom stereocenters. The maximum atomic E-state index is 14.6. The molecule has 0 spiro atoms. The SMILES string of the molecule is CC1CC1c1noc(C2N=CN3c4ccc(F)c(C#N)c4N(C4(C)CCCO4)C(=O)C23)n1. The number of aliphatic imine (C=N–C) groups is 1. The first-order valence-corrected chi connectivity index (χ1v) is 10.8. The maximum Gasteiger partial charge on any atom is 0.255 e. The predicted octanol–water partition coefficient (Wildman–Crippen LogP) is 3.04. The fourth-order valence-corrected chi connectivity index (χ4v) is 5.06. The number of nitrogens with zero attached hydrogens (tertiary/aromatic N) is 6. The highest BCUT2D eigenvalue weighted by Crippen LogP contribution is 2.50. The third-order valence-corrected chi connectivity index (χ3v) is 6.97. The van der Waals surface area contributed by atoms with Gasteiger partial charge in [0, 0.05) is 12.5 Å². The number of halogens is 1. The summed E-state index contributed by atoms with van der Waals surface area (Å²) in [5.74, 6) is 0.686. The van der Waals surface area contributed by atoms with Crippen LogP contribution in [0.1, 0.15) is 62.3 Å². The van der Waals surface area contributed by atoms with Crippen LogP contribution in [0, 0.1) is 23.1 Å². The average Bonchev–Trinajstić information content (AvgIpc) is 3.19. The van der Waals surface area contributed by atoms with Gasteiger partial charge >= 0.3 is 0 Å². The van der Waals surface area contributed by atoms with E-state index in [2.05, 4.69) is 22.1 Å². The van der Waals surface area contributed by atoms with E-state index in [0.717, 1.165) is 12.8 Å². The number of carbonyl (C=O) groups excluding carboxylic acids is 1. The molecule has 0 N–H and O–H groups in total. The first-order chi connectivity index (χ1) is 15.4. The number of carbonyl (C=O) groups is 1. The third kappa shape index (κ3) is 2.57. The van der Waals surface area contributed by atoms with Gasteiger partial charge < -0.3 is 14.2 Å². The summed E-state index contributed by atoms with van der Waals surface area (Å²) in [5.41, 5.74) is -0.450. The van der Waals surface area contributed by atoms with Gasteiger partial charge in [0.2, 0.25) is 0 Å². The molecule has 2 aromatic rings. The van der Waals surface area contributed by atoms with Gasteiger partial charge in [-0.25, -0.2) is 4.39 Å². The van der Waals surface area contributed by atoms with E-state index in [4.69, 9.17) is 9.26 Å². The average molecular weight is 436 g/mol. The van der Waals surface area contributed by atoms with Crippen molar-refractivity contribution in [3.05, 3.63) is 35.2 Å². The van der Waals surface area contributed by atoms with Crippen molar-refractivity contribution in [3.63, 3.8) is 0 Å². The topological polar surface area (TPSA) is 108 Å². The monoisotopic (exact) mass is 436 g/mol. The number of amides is 1. The molecular formula is C22H21FN6O3. The molecular weight excluding hydrogens is 415 g/mol. The molecule has 6 rings (SSSR count). The van der Waals surface area contributed by atoms with E-state index in [-0.39, 0.29) is 29.0 Å². The van der Waals surface area contributed by atoms with Gasteiger partial charge in [-0.2, -0.15) is 10.2 Å². The Morgan fingerprint density at radius 2 is 2.19 bits per heavy atom. The zero-order chi connectivity index (χ0) is 22.2. The minimum Gasteiger partial charge on any atom is -0.355 e. The van der Waals surface area contributed by atoms with E-state index in [1.165, 1.54) is 17.3 Å². The molecule has 32 heavy (non-hydrogen) atoms. The van der Waals surface area contributed by atoms with Crippen molar-refractivity contribution in [2.45, 2.75) is 56.8 Å². The van der Waals surface area contributed by atoms with E-state index in [9.17, 15) is 14.4 Å². The highest BCUT2D eigenvalue weighted by molar-refractivity contribution is 6.13. The molecule has 0 bridgehead atoms. The number of aromatic nitrogens is 2. The van der Waals surface area contributed by atoms with Gasteiger partial charge in [-0.05, 0) is 44.2 Å². The molecule has 4 heterocycles. The molecule has 4 aliphatic rings. The fourth-order valence-electron chi connectivity index (χ4n) is 5.06. The number of hydrogen-bond donors (Lipinski definition) is 0. The molecule has 1 aromatic carbocycles. The van der Waals surface area contributed by atoms with Gasteiger partial charge in [0.25, 0.3) is 11.8 Å². The van der Waals surface area contributed by atoms with E-state index in [1.54, 1.807) is 17.9 Å². The first-order valence-electron chi connectivity index (χ1n) is 10.8. The van der Waals surface area contributed by atoms with Crippen LogP contribution in [0.3, 0.4) is 0 Å². The summed E-state index contributed by atoms with van der Waals surface area (Å²) in [6.07, 6.45) is 3.88. The van der Waals surface area contributed by atoms with Gasteiger partial charge in [-0.1, -0.05) is 12.1 Å². The number of nitriles is 1. The van der Waals surface area contributed by atoms with Crippen LogP contribution in [-0.4, -0.2) is 40.8 Å². The largest absolute Gasteiger partial charge is 0.355 e. The lowest BCUT2D eigenvalue weighted by Gasteiger charge is -2.46. The zero-order valence-electron chi connectivity index (χ0n) is 17.7. The lowest BCUT2D eigenvalue weighted by atomic mass is 9.95. The molecule has 10 heteroatoms. The lowest BCUT2D eigenvalue weighted by Crippen LogP contribution is -2.60. The normalized spacial score (nSPS) is 32.8. The van der Waals surface area contributed by atoms with Crippen molar-refractivity contribution in [2.75, 3.05) is 16.4 Å². The standard InChI is InChI=1S/C22H21FN6O3/c1-11-8-12(11)19-26-20(32-27-19)16-18-21(30)29(22(2)6-3-7-31-22)17-13(9-24)14(23)4-5-15(17)28(18)10-25-16/h4-5,10-12,16,18H,3,6-8H2,1-2H3. The minimum atomic E-state index is -0.992. The molecule has 3 aliphatic heterocycles. The Morgan fingerprint density at radius 3 is 2.88 bits per heavy atom. The Balaban J connectivity index is 1.47. The number of rotatable bonds is 3. The lowest BCUT2D eigenvalue weighted by molar-refractivity contribution is -0.125. The van der Waals surface area contributed by atoms with Crippen LogP contribution in [0.15, 0.2) is 21.6 Å². The zero-order valence-corrected chi connectivity index (χ0v) is 17.7. The second-order valence-corrected chi connectivity index (χ2v) is 9.07. The number of hydrogen-bond acceptors (Lipinski definition) is 8. The Kier molecular flexibility index (Phi) is 3.99. The molecule has 1 aliphatic carbocycles. The van der Waals surface area contributed by atoms with Gasteiger partial charge in [0.05, 0.1) is 17.7 Å². The molecule has 1 aromatic heterocycles. The fraction of sp³-hybridized carbons (Fsp3) is 0.500. The van der Waals surface area contributed by atoms with E-state index in [0.29, 0.717) is 30.5 Å². The highest BCUT2D eigenvalue weighted by Gasteiger charge is 2.54. The Morgan fingerprint density at radius 1 is 1.38 bits per heavy atom. The molecule has 1 amide bonds. The highest BCUT2D eigenvalue weighted by atomic mass is 19.1. The summed E-state index contributed by atoms with van der Waals surface area (Å²) >= 11 is 0. The Labute approximate surface area is 183 Å². The van der Waals surface area contributed by atoms with Gasteiger partial charge in [0.15, 0.2) is 11.9 Å². The minimum absolute atomic E-state index is 0.189. The van der Waals surface area contributed by atoms with E-state index in [1.807, 2.05) is 6.07 Å². The summed E-state index contributed by atoms with van der Waals surface area (Å²) in [5, 5.41) is 13.8. The van der Waals surface area contributed by atoms with Crippen molar-refractivity contribution in [1.82, 2.24) is 10.1 Å². The second-order valence-electron chi connectivity index (χ2n) is 9.07. The Hall–Kier alpha value is -3.32. The predicted molar refractivity (Wildman–Crippen MR) is 111 cm³/mol. The molecule has 1 saturated heterocycles. The summed E-state index contributed by atoms with van der Waals surface area (Å²) in [6, 6.07) is 3.24. The molecule has 0 radical (unpaired) electrons. The second kappa shape index (κ2) is 6.59. The number of benzene rings is 1. The maximum absolute atomic E-state index is 14.6. The quantitative estimate of drug-likeness (QED) is 0.728. The van der Waals surface area contributed by atoms with Crippen LogP contribution in [0.4, 0.5) is 15.8 Å². The third-order valence-electron chi connectivity index (χ3n) is 6.97. The van der Waals surface area contributed by atoms with Crippen molar-refractivity contribution in [2.24, 2.45) is 10.9 Å². The molecule has 2 fully saturated rings. The smallest absolute Gasteiger partial charge is 0.255 e. The van der Waals surface area contributed by atoms with Crippen molar-refractivity contribution >= 4 is 23.6 Å². The first kappa shape index (κ1) is 19.4. The summed E-state index contributed by atoms with van der Waals surface area (Å²) in [7, 11) is 0. The van der Waals surface area contributed by atoms with Gasteiger partial charge in [-0.15, -0.1) is 0 Å². The molecule has 164 valence electrons. The summed E-state index contributed by atoms with van der Waals surface area (Å²) in [6.45, 7) is 4.41. The van der Waals surface area contributed by atoms with Crippen LogP contribution in [0.5, 0.6) is 0 Å².